The zero-order valence-electron chi connectivity index (χ0n) is 15.8. The van der Waals surface area contributed by atoms with Crippen molar-refractivity contribution in [1.29, 1.82) is 0 Å². The SMILES string of the molecule is OC(CN1CCC(c2nc3ccccc3s2)CC1)c1ccc2ccccc2c1. The van der Waals surface area contributed by atoms with Gasteiger partial charge in [-0.3, -0.25) is 0 Å². The van der Waals surface area contributed by atoms with Gasteiger partial charge in [0.25, 0.3) is 0 Å². The van der Waals surface area contributed by atoms with Gasteiger partial charge in [0.15, 0.2) is 0 Å². The molecule has 1 aromatic heterocycles. The van der Waals surface area contributed by atoms with E-state index in [9.17, 15) is 5.11 Å². The number of piperidine rings is 1. The van der Waals surface area contributed by atoms with Crippen molar-refractivity contribution in [2.45, 2.75) is 24.9 Å². The molecule has 0 radical (unpaired) electrons. The van der Waals surface area contributed by atoms with Crippen molar-refractivity contribution in [2.75, 3.05) is 19.6 Å². The highest BCUT2D eigenvalue weighted by atomic mass is 32.1. The van der Waals surface area contributed by atoms with Crippen LogP contribution in [-0.4, -0.2) is 34.6 Å². The second-order valence-corrected chi connectivity index (χ2v) is 8.78. The standard InChI is InChI=1S/C24H24N2OS/c27-22(20-10-9-17-5-1-2-6-19(17)15-20)16-26-13-11-18(12-14-26)24-25-21-7-3-4-8-23(21)28-24/h1-10,15,18,22,27H,11-14,16H2. The van der Waals surface area contributed by atoms with Gasteiger partial charge in [0.05, 0.1) is 21.3 Å². The molecule has 1 aliphatic rings. The molecule has 4 aromatic rings. The third-order valence-corrected chi connectivity index (χ3v) is 7.04. The molecule has 1 fully saturated rings. The van der Waals surface area contributed by atoms with E-state index >= 15 is 0 Å². The van der Waals surface area contributed by atoms with Crippen molar-refractivity contribution < 1.29 is 5.11 Å². The first-order valence-corrected chi connectivity index (χ1v) is 10.8. The highest BCUT2D eigenvalue weighted by Crippen LogP contribution is 2.34. The highest BCUT2D eigenvalue weighted by molar-refractivity contribution is 7.18. The van der Waals surface area contributed by atoms with Gasteiger partial charge in [-0.25, -0.2) is 4.98 Å². The maximum atomic E-state index is 10.8. The van der Waals surface area contributed by atoms with E-state index in [0.29, 0.717) is 12.5 Å². The van der Waals surface area contributed by atoms with Gasteiger partial charge in [-0.15, -0.1) is 11.3 Å². The average Bonchev–Trinajstić information content (AvgIpc) is 3.18. The van der Waals surface area contributed by atoms with E-state index in [1.807, 2.05) is 23.5 Å². The van der Waals surface area contributed by atoms with E-state index in [-0.39, 0.29) is 0 Å². The number of aliphatic hydroxyl groups excluding tert-OH is 1. The number of para-hydroxylation sites is 1. The van der Waals surface area contributed by atoms with Crippen molar-refractivity contribution >= 4 is 32.3 Å². The Kier molecular flexibility index (Phi) is 4.85. The number of aromatic nitrogens is 1. The number of nitrogens with zero attached hydrogens (tertiary/aromatic N) is 2. The van der Waals surface area contributed by atoms with Crippen LogP contribution < -0.4 is 0 Å². The molecule has 0 amide bonds. The summed E-state index contributed by atoms with van der Waals surface area (Å²) in [5, 5.41) is 14.4. The van der Waals surface area contributed by atoms with Gasteiger partial charge in [-0.1, -0.05) is 48.5 Å². The first-order valence-electron chi connectivity index (χ1n) is 10.0. The van der Waals surface area contributed by atoms with E-state index in [4.69, 9.17) is 4.98 Å². The van der Waals surface area contributed by atoms with Gasteiger partial charge in [0.1, 0.15) is 0 Å². The third-order valence-electron chi connectivity index (χ3n) is 5.84. The molecule has 4 heteroatoms. The molecule has 2 heterocycles. The van der Waals surface area contributed by atoms with Crippen molar-refractivity contribution in [2.24, 2.45) is 0 Å². The highest BCUT2D eigenvalue weighted by Gasteiger charge is 2.24. The third kappa shape index (κ3) is 3.55. The summed E-state index contributed by atoms with van der Waals surface area (Å²) >= 11 is 1.84. The first kappa shape index (κ1) is 17.8. The quantitative estimate of drug-likeness (QED) is 0.511. The fourth-order valence-electron chi connectivity index (χ4n) is 4.19. The number of thiazole rings is 1. The zero-order chi connectivity index (χ0) is 18.9. The number of benzene rings is 3. The molecule has 5 rings (SSSR count). The minimum atomic E-state index is -0.441. The minimum Gasteiger partial charge on any atom is -0.387 e. The number of β-amino-alcohol motifs (C(OH)–C–C–N with tert-alkyl or cyclic N) is 1. The molecule has 1 atom stereocenters. The maximum Gasteiger partial charge on any atom is 0.0970 e. The molecule has 0 bridgehead atoms. The zero-order valence-corrected chi connectivity index (χ0v) is 16.6. The summed E-state index contributed by atoms with van der Waals surface area (Å²) in [7, 11) is 0. The maximum absolute atomic E-state index is 10.8. The fraction of sp³-hybridized carbons (Fsp3) is 0.292. The van der Waals surface area contributed by atoms with E-state index < -0.39 is 6.10 Å². The van der Waals surface area contributed by atoms with Crippen molar-refractivity contribution in [1.82, 2.24) is 9.88 Å². The smallest absolute Gasteiger partial charge is 0.0970 e. The molecule has 1 aliphatic heterocycles. The van der Waals surface area contributed by atoms with Gasteiger partial charge in [0, 0.05) is 12.5 Å². The molecular weight excluding hydrogens is 364 g/mol. The molecule has 3 aromatic carbocycles. The number of hydrogen-bond donors (Lipinski definition) is 1. The summed E-state index contributed by atoms with van der Waals surface area (Å²) in [6, 6.07) is 23.0. The molecule has 142 valence electrons. The molecule has 3 nitrogen and oxygen atoms in total. The number of fused-ring (bicyclic) bond motifs is 2. The summed E-state index contributed by atoms with van der Waals surface area (Å²) in [5.74, 6) is 0.548. The largest absolute Gasteiger partial charge is 0.387 e. The van der Waals surface area contributed by atoms with E-state index in [0.717, 1.165) is 37.0 Å². The van der Waals surface area contributed by atoms with Crippen LogP contribution in [0.1, 0.15) is 35.4 Å². The van der Waals surface area contributed by atoms with Crippen LogP contribution in [0, 0.1) is 0 Å². The van der Waals surface area contributed by atoms with Crippen LogP contribution in [-0.2, 0) is 0 Å². The molecule has 0 spiro atoms. The summed E-state index contributed by atoms with van der Waals surface area (Å²) in [4.78, 5) is 7.24. The van der Waals surface area contributed by atoms with Crippen LogP contribution in [0.3, 0.4) is 0 Å². The lowest BCUT2D eigenvalue weighted by atomic mass is 9.96. The number of aliphatic hydroxyl groups is 1. The lowest BCUT2D eigenvalue weighted by Gasteiger charge is -2.32. The Morgan fingerprint density at radius 2 is 1.71 bits per heavy atom. The Hall–Kier alpha value is -2.27. The summed E-state index contributed by atoms with van der Waals surface area (Å²) < 4.78 is 1.28. The van der Waals surface area contributed by atoms with Crippen molar-refractivity contribution in [3.63, 3.8) is 0 Å². The van der Waals surface area contributed by atoms with Gasteiger partial charge in [-0.05, 0) is 60.5 Å². The first-order chi connectivity index (χ1) is 13.8. The van der Waals surface area contributed by atoms with Crippen LogP contribution in [0.2, 0.25) is 0 Å². The monoisotopic (exact) mass is 388 g/mol. The van der Waals surface area contributed by atoms with Crippen LogP contribution in [0.15, 0.2) is 66.7 Å². The number of likely N-dealkylation sites (tertiary alicyclic amines) is 1. The van der Waals surface area contributed by atoms with Crippen LogP contribution in [0.25, 0.3) is 21.0 Å². The molecular formula is C24H24N2OS. The lowest BCUT2D eigenvalue weighted by Crippen LogP contribution is -2.36. The van der Waals surface area contributed by atoms with E-state index in [1.54, 1.807) is 0 Å². The second kappa shape index (κ2) is 7.63. The van der Waals surface area contributed by atoms with Crippen LogP contribution in [0.5, 0.6) is 0 Å². The number of rotatable bonds is 4. The normalized spacial score (nSPS) is 17.3. The summed E-state index contributed by atoms with van der Waals surface area (Å²) in [6.45, 7) is 2.74. The molecule has 0 saturated carbocycles. The lowest BCUT2D eigenvalue weighted by molar-refractivity contribution is 0.0973. The van der Waals surface area contributed by atoms with Crippen LogP contribution >= 0.6 is 11.3 Å². The Morgan fingerprint density at radius 1 is 0.964 bits per heavy atom. The fourth-order valence-corrected chi connectivity index (χ4v) is 5.33. The van der Waals surface area contributed by atoms with Crippen LogP contribution in [0.4, 0.5) is 0 Å². The average molecular weight is 389 g/mol. The van der Waals surface area contributed by atoms with Gasteiger partial charge in [0.2, 0.25) is 0 Å². The summed E-state index contributed by atoms with van der Waals surface area (Å²) in [5.41, 5.74) is 2.13. The second-order valence-electron chi connectivity index (χ2n) is 7.72. The Morgan fingerprint density at radius 3 is 2.54 bits per heavy atom. The molecule has 1 N–H and O–H groups in total. The van der Waals surface area contributed by atoms with Crippen molar-refractivity contribution in [3.05, 3.63) is 77.3 Å². The topological polar surface area (TPSA) is 36.4 Å². The molecule has 28 heavy (non-hydrogen) atoms. The van der Waals surface area contributed by atoms with Gasteiger partial charge < -0.3 is 10.0 Å². The molecule has 1 saturated heterocycles. The molecule has 1 unspecified atom stereocenters. The molecule has 0 aliphatic carbocycles. The van der Waals surface area contributed by atoms with Gasteiger partial charge >= 0.3 is 0 Å². The van der Waals surface area contributed by atoms with E-state index in [2.05, 4.69) is 59.5 Å². The minimum absolute atomic E-state index is 0.441. The van der Waals surface area contributed by atoms with Crippen molar-refractivity contribution in [3.8, 4) is 0 Å². The Bertz CT molecular complexity index is 1060. The predicted molar refractivity (Wildman–Crippen MR) is 117 cm³/mol. The number of hydrogen-bond acceptors (Lipinski definition) is 4. The van der Waals surface area contributed by atoms with Gasteiger partial charge in [-0.2, -0.15) is 0 Å². The van der Waals surface area contributed by atoms with E-state index in [1.165, 1.54) is 20.5 Å². The summed E-state index contributed by atoms with van der Waals surface area (Å²) in [6.07, 6.45) is 1.79. The Balaban J connectivity index is 1.22. The Labute approximate surface area is 169 Å². The predicted octanol–water partition coefficient (Wildman–Crippen LogP) is 5.36.